The van der Waals surface area contributed by atoms with Crippen molar-refractivity contribution in [1.82, 2.24) is 5.32 Å². The Bertz CT molecular complexity index is 1150. The van der Waals surface area contributed by atoms with E-state index < -0.39 is 11.8 Å². The van der Waals surface area contributed by atoms with Crippen LogP contribution in [0.1, 0.15) is 15.9 Å². The van der Waals surface area contributed by atoms with E-state index in [0.717, 1.165) is 0 Å². The summed E-state index contributed by atoms with van der Waals surface area (Å²) in [5, 5.41) is 14.8. The second-order valence-electron chi connectivity index (χ2n) is 6.86. The maximum atomic E-state index is 13.0. The fourth-order valence-electron chi connectivity index (χ4n) is 2.95. The van der Waals surface area contributed by atoms with Crippen molar-refractivity contribution in [3.05, 3.63) is 83.6 Å². The third-order valence-corrected chi connectivity index (χ3v) is 4.69. The van der Waals surface area contributed by atoms with E-state index >= 15 is 0 Å². The zero-order valence-electron chi connectivity index (χ0n) is 18.4. The average molecular weight is 448 g/mol. The molecule has 0 radical (unpaired) electrons. The number of anilines is 1. The molecule has 3 rings (SSSR count). The predicted octanol–water partition coefficient (Wildman–Crippen LogP) is 3.83. The van der Waals surface area contributed by atoms with Gasteiger partial charge in [0.2, 0.25) is 0 Å². The smallest absolute Gasteiger partial charge is 0.272 e. The largest absolute Gasteiger partial charge is 0.508 e. The summed E-state index contributed by atoms with van der Waals surface area (Å²) in [6.07, 6.45) is 1.53. The number of hydrogen-bond acceptors (Lipinski definition) is 6. The molecule has 8 nitrogen and oxygen atoms in total. The minimum Gasteiger partial charge on any atom is -0.508 e. The summed E-state index contributed by atoms with van der Waals surface area (Å²) >= 11 is 0. The van der Waals surface area contributed by atoms with Crippen LogP contribution in [0.15, 0.2) is 72.4 Å². The van der Waals surface area contributed by atoms with Gasteiger partial charge < -0.3 is 30.0 Å². The summed E-state index contributed by atoms with van der Waals surface area (Å²) < 4.78 is 15.7. The lowest BCUT2D eigenvalue weighted by atomic mass is 10.1. The highest BCUT2D eigenvalue weighted by Gasteiger charge is 2.16. The molecule has 170 valence electrons. The number of amides is 2. The summed E-state index contributed by atoms with van der Waals surface area (Å²) in [6, 6.07) is 17.6. The van der Waals surface area contributed by atoms with Crippen LogP contribution in [0.2, 0.25) is 0 Å². The van der Waals surface area contributed by atoms with Crippen LogP contribution < -0.4 is 24.8 Å². The molecule has 0 aliphatic heterocycles. The minimum absolute atomic E-state index is 0.0103. The molecule has 0 bridgehead atoms. The van der Waals surface area contributed by atoms with Gasteiger partial charge in [0.1, 0.15) is 17.2 Å². The summed E-state index contributed by atoms with van der Waals surface area (Å²) in [5.41, 5.74) is 1.43. The van der Waals surface area contributed by atoms with Crippen molar-refractivity contribution in [3.63, 3.8) is 0 Å². The Morgan fingerprint density at radius 1 is 0.818 bits per heavy atom. The molecule has 8 heteroatoms. The molecule has 0 heterocycles. The van der Waals surface area contributed by atoms with Gasteiger partial charge in [-0.1, -0.05) is 6.07 Å². The van der Waals surface area contributed by atoms with Gasteiger partial charge in [0.15, 0.2) is 11.5 Å². The number of ether oxygens (including phenoxy) is 3. The third kappa shape index (κ3) is 6.04. The standard InChI is InChI=1S/C25H24N2O6/c1-31-20-11-5-17(6-12-20)24(29)27-21(25(30)26-18-7-9-19(28)10-8-18)14-16-4-13-22(32-2)23(15-16)33-3/h4-15,28H,1-3H3,(H,26,30)(H,27,29)/b21-14+. The van der Waals surface area contributed by atoms with E-state index in [4.69, 9.17) is 14.2 Å². The van der Waals surface area contributed by atoms with Gasteiger partial charge in [0.25, 0.3) is 11.8 Å². The van der Waals surface area contributed by atoms with E-state index in [9.17, 15) is 14.7 Å². The van der Waals surface area contributed by atoms with E-state index in [1.165, 1.54) is 39.5 Å². The fourth-order valence-corrected chi connectivity index (χ4v) is 2.95. The molecule has 2 amide bonds. The summed E-state index contributed by atoms with van der Waals surface area (Å²) in [5.74, 6) is 0.681. The van der Waals surface area contributed by atoms with Crippen LogP contribution in [0, 0.1) is 0 Å². The predicted molar refractivity (Wildman–Crippen MR) is 125 cm³/mol. The SMILES string of the molecule is COc1ccc(C(=O)N/C(=C/c2ccc(OC)c(OC)c2)C(=O)Nc2ccc(O)cc2)cc1. The molecule has 0 aliphatic carbocycles. The molecule has 0 spiro atoms. The molecule has 0 saturated heterocycles. The first-order valence-corrected chi connectivity index (χ1v) is 9.93. The molecule has 0 aromatic heterocycles. The number of nitrogens with one attached hydrogen (secondary N) is 2. The number of phenols is 1. The Kier molecular flexibility index (Phi) is 7.54. The van der Waals surface area contributed by atoms with Crippen molar-refractivity contribution in [3.8, 4) is 23.0 Å². The average Bonchev–Trinajstić information content (AvgIpc) is 2.84. The van der Waals surface area contributed by atoms with E-state index in [0.29, 0.717) is 34.1 Å². The highest BCUT2D eigenvalue weighted by Crippen LogP contribution is 2.28. The van der Waals surface area contributed by atoms with Crippen molar-refractivity contribution < 1.29 is 28.9 Å². The number of carbonyl (C=O) groups excluding carboxylic acids is 2. The first-order valence-electron chi connectivity index (χ1n) is 9.93. The third-order valence-electron chi connectivity index (χ3n) is 4.69. The molecule has 0 saturated carbocycles. The molecule has 33 heavy (non-hydrogen) atoms. The second kappa shape index (κ2) is 10.7. The zero-order valence-corrected chi connectivity index (χ0v) is 18.4. The van der Waals surface area contributed by atoms with Crippen LogP contribution in [0.25, 0.3) is 6.08 Å². The summed E-state index contributed by atoms with van der Waals surface area (Å²) in [4.78, 5) is 25.8. The Morgan fingerprint density at radius 2 is 1.48 bits per heavy atom. The van der Waals surface area contributed by atoms with Crippen LogP contribution in [0.4, 0.5) is 5.69 Å². The van der Waals surface area contributed by atoms with Crippen LogP contribution in [-0.2, 0) is 4.79 Å². The van der Waals surface area contributed by atoms with Crippen LogP contribution in [0.5, 0.6) is 23.0 Å². The fraction of sp³-hybridized carbons (Fsp3) is 0.120. The number of benzene rings is 3. The quantitative estimate of drug-likeness (QED) is 0.357. The van der Waals surface area contributed by atoms with Crippen molar-refractivity contribution in [1.29, 1.82) is 0 Å². The van der Waals surface area contributed by atoms with Crippen LogP contribution >= 0.6 is 0 Å². The summed E-state index contributed by atoms with van der Waals surface area (Å²) in [6.45, 7) is 0. The van der Waals surface area contributed by atoms with Gasteiger partial charge in [-0.05, 0) is 72.3 Å². The topological polar surface area (TPSA) is 106 Å². The lowest BCUT2D eigenvalue weighted by Gasteiger charge is -2.13. The van der Waals surface area contributed by atoms with Crippen LogP contribution in [-0.4, -0.2) is 38.3 Å². The number of methoxy groups -OCH3 is 3. The van der Waals surface area contributed by atoms with Crippen molar-refractivity contribution in [2.24, 2.45) is 0 Å². The number of hydrogen-bond donors (Lipinski definition) is 3. The highest BCUT2D eigenvalue weighted by atomic mass is 16.5. The lowest BCUT2D eigenvalue weighted by molar-refractivity contribution is -0.113. The Morgan fingerprint density at radius 3 is 2.09 bits per heavy atom. The van der Waals surface area contributed by atoms with Gasteiger partial charge in [-0.15, -0.1) is 0 Å². The molecule has 0 aliphatic rings. The molecule has 0 atom stereocenters. The summed E-state index contributed by atoms with van der Waals surface area (Å²) in [7, 11) is 4.57. The molecule has 0 unspecified atom stereocenters. The molecular formula is C25H24N2O6. The van der Waals surface area contributed by atoms with E-state index in [-0.39, 0.29) is 11.4 Å². The van der Waals surface area contributed by atoms with Crippen LogP contribution in [0.3, 0.4) is 0 Å². The van der Waals surface area contributed by atoms with E-state index in [1.54, 1.807) is 54.6 Å². The highest BCUT2D eigenvalue weighted by molar-refractivity contribution is 6.10. The van der Waals surface area contributed by atoms with Crippen molar-refractivity contribution >= 4 is 23.6 Å². The van der Waals surface area contributed by atoms with Gasteiger partial charge in [0.05, 0.1) is 21.3 Å². The number of carbonyl (C=O) groups is 2. The van der Waals surface area contributed by atoms with Gasteiger partial charge in [-0.3, -0.25) is 9.59 Å². The Balaban J connectivity index is 1.92. The van der Waals surface area contributed by atoms with Gasteiger partial charge in [-0.25, -0.2) is 0 Å². The normalized spacial score (nSPS) is 10.8. The number of rotatable bonds is 8. The maximum Gasteiger partial charge on any atom is 0.272 e. The lowest BCUT2D eigenvalue weighted by Crippen LogP contribution is -2.30. The Labute approximate surface area is 191 Å². The maximum absolute atomic E-state index is 13.0. The van der Waals surface area contributed by atoms with Crippen molar-refractivity contribution in [2.45, 2.75) is 0 Å². The van der Waals surface area contributed by atoms with Gasteiger partial charge in [0, 0.05) is 11.3 Å². The molecule has 0 fully saturated rings. The minimum atomic E-state index is -0.544. The number of aromatic hydroxyl groups is 1. The Hall–Kier alpha value is -4.46. The second-order valence-corrected chi connectivity index (χ2v) is 6.86. The monoisotopic (exact) mass is 448 g/mol. The van der Waals surface area contributed by atoms with E-state index in [1.807, 2.05) is 0 Å². The number of phenolic OH excluding ortho intramolecular Hbond substituents is 1. The van der Waals surface area contributed by atoms with Crippen molar-refractivity contribution in [2.75, 3.05) is 26.6 Å². The molecule has 3 aromatic rings. The van der Waals surface area contributed by atoms with Gasteiger partial charge >= 0.3 is 0 Å². The molecule has 3 aromatic carbocycles. The molecule has 3 N–H and O–H groups in total. The molecular weight excluding hydrogens is 424 g/mol. The first kappa shape index (κ1) is 23.2. The zero-order chi connectivity index (χ0) is 23.8. The van der Waals surface area contributed by atoms with E-state index in [2.05, 4.69) is 10.6 Å². The first-order chi connectivity index (χ1) is 15.9. The van der Waals surface area contributed by atoms with Gasteiger partial charge in [-0.2, -0.15) is 0 Å².